The summed E-state index contributed by atoms with van der Waals surface area (Å²) in [5.41, 5.74) is 0.279. The Hall–Kier alpha value is -1.54. The van der Waals surface area contributed by atoms with Gasteiger partial charge < -0.3 is 5.32 Å². The molecule has 0 bridgehead atoms. The van der Waals surface area contributed by atoms with E-state index in [4.69, 9.17) is 5.26 Å². The van der Waals surface area contributed by atoms with Gasteiger partial charge in [0.05, 0.1) is 17.4 Å². The van der Waals surface area contributed by atoms with Crippen molar-refractivity contribution in [1.82, 2.24) is 5.32 Å². The fraction of sp³-hybridized carbons (Fsp3) is 0.385. The first kappa shape index (κ1) is 14.5. The number of halogens is 1. The highest BCUT2D eigenvalue weighted by molar-refractivity contribution is 8.00. The molecule has 0 unspecified atom stereocenters. The van der Waals surface area contributed by atoms with Gasteiger partial charge in [-0.1, -0.05) is 13.8 Å². The maximum atomic E-state index is 13.5. The number of nitrogens with zero attached hydrogens (tertiary/aromatic N) is 1. The number of amides is 1. The Bertz CT molecular complexity index is 469. The third-order valence-electron chi connectivity index (χ3n) is 2.13. The van der Waals surface area contributed by atoms with E-state index < -0.39 is 5.82 Å². The lowest BCUT2D eigenvalue weighted by Crippen LogP contribution is -2.28. The van der Waals surface area contributed by atoms with E-state index in [0.717, 1.165) is 11.8 Å². The highest BCUT2D eigenvalue weighted by atomic mass is 32.2. The third-order valence-corrected chi connectivity index (χ3v) is 3.18. The average Bonchev–Trinajstić information content (AvgIpc) is 2.34. The van der Waals surface area contributed by atoms with Crippen LogP contribution in [0.1, 0.15) is 19.4 Å². The molecule has 1 rings (SSSR count). The van der Waals surface area contributed by atoms with Gasteiger partial charge in [0, 0.05) is 11.4 Å². The van der Waals surface area contributed by atoms with Crippen molar-refractivity contribution in [3.63, 3.8) is 0 Å². The second-order valence-corrected chi connectivity index (χ2v) is 5.26. The number of nitrogens with one attached hydrogen (secondary N) is 1. The van der Waals surface area contributed by atoms with Crippen LogP contribution >= 0.6 is 11.8 Å². The molecule has 0 radical (unpaired) electrons. The summed E-state index contributed by atoms with van der Waals surface area (Å²) in [5, 5.41) is 11.4. The van der Waals surface area contributed by atoms with Crippen LogP contribution in [-0.2, 0) is 4.79 Å². The van der Waals surface area contributed by atoms with Gasteiger partial charge in [0.15, 0.2) is 0 Å². The second kappa shape index (κ2) is 7.02. The molecule has 0 saturated heterocycles. The lowest BCUT2D eigenvalue weighted by atomic mass is 10.2. The van der Waals surface area contributed by atoms with Gasteiger partial charge >= 0.3 is 0 Å². The van der Waals surface area contributed by atoms with Crippen LogP contribution in [0.2, 0.25) is 0 Å². The van der Waals surface area contributed by atoms with Crippen molar-refractivity contribution in [3.8, 4) is 6.07 Å². The molecule has 0 aliphatic rings. The molecule has 5 heteroatoms. The van der Waals surface area contributed by atoms with Gasteiger partial charge in [-0.25, -0.2) is 4.39 Å². The van der Waals surface area contributed by atoms with E-state index in [1.807, 2.05) is 19.9 Å². The van der Waals surface area contributed by atoms with Crippen LogP contribution in [0.4, 0.5) is 4.39 Å². The van der Waals surface area contributed by atoms with E-state index >= 15 is 0 Å². The zero-order valence-electron chi connectivity index (χ0n) is 10.4. The molecular formula is C13H15FN2OS. The highest BCUT2D eigenvalue weighted by Crippen LogP contribution is 2.22. The molecule has 3 nitrogen and oxygen atoms in total. The van der Waals surface area contributed by atoms with E-state index in [2.05, 4.69) is 5.32 Å². The van der Waals surface area contributed by atoms with Crippen molar-refractivity contribution in [1.29, 1.82) is 5.26 Å². The van der Waals surface area contributed by atoms with Crippen LogP contribution in [0.3, 0.4) is 0 Å². The molecule has 1 aromatic rings. The Balaban J connectivity index is 2.49. The summed E-state index contributed by atoms with van der Waals surface area (Å²) < 4.78 is 13.5. The summed E-state index contributed by atoms with van der Waals surface area (Å²) in [6.45, 7) is 4.64. The zero-order chi connectivity index (χ0) is 13.5. The number of hydrogen-bond donors (Lipinski definition) is 1. The van der Waals surface area contributed by atoms with Gasteiger partial charge in [0.1, 0.15) is 5.82 Å². The van der Waals surface area contributed by atoms with Gasteiger partial charge in [-0.15, -0.1) is 11.8 Å². The van der Waals surface area contributed by atoms with E-state index in [1.165, 1.54) is 18.2 Å². The quantitative estimate of drug-likeness (QED) is 0.833. The first-order valence-electron chi connectivity index (χ1n) is 5.62. The Morgan fingerprint density at radius 1 is 1.56 bits per heavy atom. The van der Waals surface area contributed by atoms with Crippen LogP contribution < -0.4 is 5.32 Å². The Labute approximate surface area is 110 Å². The van der Waals surface area contributed by atoms with Crippen molar-refractivity contribution in [2.75, 3.05) is 12.3 Å². The molecular weight excluding hydrogens is 251 g/mol. The van der Waals surface area contributed by atoms with Crippen molar-refractivity contribution in [2.45, 2.75) is 18.7 Å². The number of benzene rings is 1. The Morgan fingerprint density at radius 2 is 2.28 bits per heavy atom. The second-order valence-electron chi connectivity index (χ2n) is 4.24. The monoisotopic (exact) mass is 266 g/mol. The molecule has 0 saturated carbocycles. The molecule has 0 aromatic heterocycles. The topological polar surface area (TPSA) is 52.9 Å². The number of carbonyl (C=O) groups is 1. The van der Waals surface area contributed by atoms with Gasteiger partial charge in [-0.2, -0.15) is 5.26 Å². The minimum atomic E-state index is -0.462. The van der Waals surface area contributed by atoms with Crippen LogP contribution in [0.5, 0.6) is 0 Å². The Morgan fingerprint density at radius 3 is 2.83 bits per heavy atom. The summed E-state index contributed by atoms with van der Waals surface area (Å²) in [6, 6.07) is 6.10. The number of rotatable bonds is 5. The molecule has 0 fully saturated rings. The van der Waals surface area contributed by atoms with Crippen LogP contribution in [0.15, 0.2) is 23.1 Å². The minimum Gasteiger partial charge on any atom is -0.355 e. The van der Waals surface area contributed by atoms with Crippen molar-refractivity contribution in [2.24, 2.45) is 5.92 Å². The van der Waals surface area contributed by atoms with Crippen molar-refractivity contribution < 1.29 is 9.18 Å². The fourth-order valence-corrected chi connectivity index (χ4v) is 1.95. The third kappa shape index (κ3) is 4.76. The SMILES string of the molecule is CC(C)CNC(=O)CSc1ccc(C#N)cc1F. The zero-order valence-corrected chi connectivity index (χ0v) is 11.2. The number of nitriles is 1. The smallest absolute Gasteiger partial charge is 0.230 e. The minimum absolute atomic E-state index is 0.113. The fourth-order valence-electron chi connectivity index (χ4n) is 1.20. The molecule has 0 heterocycles. The number of hydrogen-bond acceptors (Lipinski definition) is 3. The van der Waals surface area contributed by atoms with Gasteiger partial charge in [0.2, 0.25) is 5.91 Å². The summed E-state index contributed by atoms with van der Waals surface area (Å²) in [5.74, 6) is -0.00557. The molecule has 18 heavy (non-hydrogen) atoms. The standard InChI is InChI=1S/C13H15FN2OS/c1-9(2)7-16-13(17)8-18-12-4-3-10(6-15)5-11(12)14/h3-5,9H,7-8H2,1-2H3,(H,16,17). The molecule has 1 amide bonds. The largest absolute Gasteiger partial charge is 0.355 e. The molecule has 0 aliphatic carbocycles. The lowest BCUT2D eigenvalue weighted by Gasteiger charge is -2.07. The lowest BCUT2D eigenvalue weighted by molar-refractivity contribution is -0.118. The van der Waals surface area contributed by atoms with Crippen molar-refractivity contribution >= 4 is 17.7 Å². The van der Waals surface area contributed by atoms with E-state index in [9.17, 15) is 9.18 Å². The number of carbonyl (C=O) groups excluding carboxylic acids is 1. The predicted octanol–water partition coefficient (Wildman–Crippen LogP) is 2.56. The summed E-state index contributed by atoms with van der Waals surface area (Å²) in [6.07, 6.45) is 0. The molecule has 0 spiro atoms. The molecule has 96 valence electrons. The van der Waals surface area contributed by atoms with Crippen LogP contribution in [0, 0.1) is 23.1 Å². The van der Waals surface area contributed by atoms with Crippen LogP contribution in [-0.4, -0.2) is 18.2 Å². The maximum Gasteiger partial charge on any atom is 0.230 e. The van der Waals surface area contributed by atoms with Gasteiger partial charge in [0.25, 0.3) is 0 Å². The first-order valence-corrected chi connectivity index (χ1v) is 6.60. The molecule has 1 N–H and O–H groups in total. The maximum absolute atomic E-state index is 13.5. The highest BCUT2D eigenvalue weighted by Gasteiger charge is 2.08. The van der Waals surface area contributed by atoms with E-state index in [-0.39, 0.29) is 17.2 Å². The molecule has 0 aliphatic heterocycles. The average molecular weight is 266 g/mol. The summed E-state index contributed by atoms with van der Waals surface area (Å²) in [7, 11) is 0. The summed E-state index contributed by atoms with van der Waals surface area (Å²) >= 11 is 1.13. The normalized spacial score (nSPS) is 10.2. The number of thioether (sulfide) groups is 1. The van der Waals surface area contributed by atoms with E-state index in [1.54, 1.807) is 0 Å². The Kier molecular flexibility index (Phi) is 5.66. The van der Waals surface area contributed by atoms with Gasteiger partial charge in [-0.05, 0) is 24.1 Å². The van der Waals surface area contributed by atoms with Crippen LogP contribution in [0.25, 0.3) is 0 Å². The van der Waals surface area contributed by atoms with Gasteiger partial charge in [-0.3, -0.25) is 4.79 Å². The van der Waals surface area contributed by atoms with Crippen molar-refractivity contribution in [3.05, 3.63) is 29.6 Å². The molecule has 0 atom stereocenters. The predicted molar refractivity (Wildman–Crippen MR) is 69.7 cm³/mol. The first-order chi connectivity index (χ1) is 8.52. The van der Waals surface area contributed by atoms with E-state index in [0.29, 0.717) is 17.4 Å². The summed E-state index contributed by atoms with van der Waals surface area (Å²) in [4.78, 5) is 11.8. The molecule has 1 aromatic carbocycles.